The van der Waals surface area contributed by atoms with Crippen molar-refractivity contribution in [3.63, 3.8) is 0 Å². The Labute approximate surface area is 125 Å². The number of hydrogen-bond donors (Lipinski definition) is 3. The number of ether oxygens (including phenoxy) is 1. The van der Waals surface area contributed by atoms with Crippen LogP contribution in [0.4, 0.5) is 4.79 Å². The lowest BCUT2D eigenvalue weighted by atomic mass is 9.93. The van der Waals surface area contributed by atoms with Crippen molar-refractivity contribution >= 4 is 6.03 Å². The fraction of sp³-hybridized carbons (Fsp3) is 0.562. The molecule has 0 aliphatic heterocycles. The average molecular weight is 292 g/mol. The summed E-state index contributed by atoms with van der Waals surface area (Å²) in [6.07, 6.45) is 3.27. The Kier molecular flexibility index (Phi) is 5.87. The maximum Gasteiger partial charge on any atom is 0.315 e. The molecule has 1 aromatic carbocycles. The molecular weight excluding hydrogens is 268 g/mol. The molecule has 2 rings (SSSR count). The number of benzene rings is 1. The second-order valence-electron chi connectivity index (χ2n) is 5.47. The molecule has 1 aromatic rings. The Morgan fingerprint density at radius 2 is 2.10 bits per heavy atom. The molecule has 3 N–H and O–H groups in total. The first-order valence-corrected chi connectivity index (χ1v) is 7.57. The Balaban J connectivity index is 1.64. The minimum Gasteiger partial charge on any atom is -0.491 e. The topological polar surface area (TPSA) is 70.6 Å². The molecular formula is C16H24N2O3. The Bertz CT molecular complexity index is 465. The van der Waals surface area contributed by atoms with Gasteiger partial charge in [0.25, 0.3) is 0 Å². The van der Waals surface area contributed by atoms with Crippen LogP contribution in [-0.4, -0.2) is 36.4 Å². The highest BCUT2D eigenvalue weighted by molar-refractivity contribution is 5.74. The third kappa shape index (κ3) is 4.93. The summed E-state index contributed by atoms with van der Waals surface area (Å²) in [6.45, 7) is 2.84. The quantitative estimate of drug-likeness (QED) is 0.727. The summed E-state index contributed by atoms with van der Waals surface area (Å²) in [5.41, 5.74) is 1.08. The molecule has 2 atom stereocenters. The minimum atomic E-state index is -0.423. The number of aryl methyl sites for hydroxylation is 1. The van der Waals surface area contributed by atoms with Crippen molar-refractivity contribution in [2.24, 2.45) is 0 Å². The van der Waals surface area contributed by atoms with Crippen molar-refractivity contribution in [1.29, 1.82) is 0 Å². The van der Waals surface area contributed by atoms with E-state index in [4.69, 9.17) is 4.74 Å². The highest BCUT2D eigenvalue weighted by atomic mass is 16.5. The molecule has 1 fully saturated rings. The molecule has 0 heterocycles. The number of amides is 2. The van der Waals surface area contributed by atoms with Crippen LogP contribution in [0.25, 0.3) is 0 Å². The van der Waals surface area contributed by atoms with Gasteiger partial charge in [0, 0.05) is 0 Å². The largest absolute Gasteiger partial charge is 0.491 e. The van der Waals surface area contributed by atoms with Gasteiger partial charge in [0.1, 0.15) is 12.4 Å². The van der Waals surface area contributed by atoms with Crippen LogP contribution >= 0.6 is 0 Å². The van der Waals surface area contributed by atoms with Crippen LogP contribution < -0.4 is 15.4 Å². The van der Waals surface area contributed by atoms with Crippen LogP contribution in [0, 0.1) is 6.92 Å². The number of hydrogen-bond acceptors (Lipinski definition) is 3. The van der Waals surface area contributed by atoms with Gasteiger partial charge < -0.3 is 20.5 Å². The normalized spacial score (nSPS) is 21.6. The summed E-state index contributed by atoms with van der Waals surface area (Å²) in [7, 11) is 0. The smallest absolute Gasteiger partial charge is 0.315 e. The summed E-state index contributed by atoms with van der Waals surface area (Å²) in [4.78, 5) is 11.7. The van der Waals surface area contributed by atoms with Crippen LogP contribution in [0.5, 0.6) is 5.75 Å². The third-order valence-corrected chi connectivity index (χ3v) is 3.78. The predicted molar refractivity (Wildman–Crippen MR) is 81.5 cm³/mol. The molecule has 1 saturated carbocycles. The molecule has 1 aliphatic carbocycles. The van der Waals surface area contributed by atoms with Crippen molar-refractivity contribution in [2.75, 3.05) is 13.2 Å². The van der Waals surface area contributed by atoms with Crippen molar-refractivity contribution in [3.8, 4) is 5.75 Å². The fourth-order valence-corrected chi connectivity index (χ4v) is 2.54. The number of aliphatic hydroxyl groups excluding tert-OH is 1. The summed E-state index contributed by atoms with van der Waals surface area (Å²) >= 11 is 0. The van der Waals surface area contributed by atoms with Crippen LogP contribution in [0.15, 0.2) is 24.3 Å². The van der Waals surface area contributed by atoms with Crippen LogP contribution in [0.3, 0.4) is 0 Å². The van der Waals surface area contributed by atoms with Gasteiger partial charge in [-0.2, -0.15) is 0 Å². The fourth-order valence-electron chi connectivity index (χ4n) is 2.54. The van der Waals surface area contributed by atoms with Gasteiger partial charge in [-0.3, -0.25) is 0 Å². The van der Waals surface area contributed by atoms with Gasteiger partial charge in [0.2, 0.25) is 0 Å². The Morgan fingerprint density at radius 3 is 2.86 bits per heavy atom. The molecule has 116 valence electrons. The van der Waals surface area contributed by atoms with E-state index in [9.17, 15) is 9.90 Å². The van der Waals surface area contributed by atoms with Gasteiger partial charge >= 0.3 is 6.03 Å². The second kappa shape index (κ2) is 7.88. The lowest BCUT2D eigenvalue weighted by molar-refractivity contribution is 0.0942. The first kappa shape index (κ1) is 15.6. The number of para-hydroxylation sites is 1. The van der Waals surface area contributed by atoms with E-state index in [1.165, 1.54) is 0 Å². The zero-order valence-corrected chi connectivity index (χ0v) is 12.5. The molecule has 0 bridgehead atoms. The van der Waals surface area contributed by atoms with Crippen molar-refractivity contribution in [3.05, 3.63) is 29.8 Å². The van der Waals surface area contributed by atoms with E-state index in [-0.39, 0.29) is 12.1 Å². The first-order valence-electron chi connectivity index (χ1n) is 7.57. The zero-order valence-electron chi connectivity index (χ0n) is 12.5. The average Bonchev–Trinajstić information content (AvgIpc) is 2.48. The first-order chi connectivity index (χ1) is 10.2. The zero-order chi connectivity index (χ0) is 15.1. The van der Waals surface area contributed by atoms with Crippen molar-refractivity contribution in [1.82, 2.24) is 10.6 Å². The summed E-state index contributed by atoms with van der Waals surface area (Å²) in [6, 6.07) is 7.41. The molecule has 21 heavy (non-hydrogen) atoms. The van der Waals surface area contributed by atoms with Gasteiger partial charge in [0.05, 0.1) is 18.7 Å². The highest BCUT2D eigenvalue weighted by Gasteiger charge is 2.24. The van der Waals surface area contributed by atoms with Gasteiger partial charge in [-0.25, -0.2) is 4.79 Å². The van der Waals surface area contributed by atoms with Gasteiger partial charge in [0.15, 0.2) is 0 Å². The SMILES string of the molecule is Cc1ccccc1OCCNC(=O)NC1CCCCC1O. The van der Waals surface area contributed by atoms with E-state index in [1.807, 2.05) is 31.2 Å². The molecule has 0 aromatic heterocycles. The monoisotopic (exact) mass is 292 g/mol. The lowest BCUT2D eigenvalue weighted by Crippen LogP contribution is -2.49. The van der Waals surface area contributed by atoms with Crippen LogP contribution in [0.1, 0.15) is 31.2 Å². The molecule has 0 spiro atoms. The summed E-state index contributed by atoms with van der Waals surface area (Å²) < 4.78 is 5.61. The maximum absolute atomic E-state index is 11.7. The number of carbonyl (C=O) groups excluding carboxylic acids is 1. The second-order valence-corrected chi connectivity index (χ2v) is 5.47. The van der Waals surface area contributed by atoms with Gasteiger partial charge in [-0.05, 0) is 31.4 Å². The molecule has 5 nitrogen and oxygen atoms in total. The molecule has 2 unspecified atom stereocenters. The molecule has 0 saturated heterocycles. The predicted octanol–water partition coefficient (Wildman–Crippen LogP) is 1.98. The summed E-state index contributed by atoms with van der Waals surface area (Å²) in [5, 5.41) is 15.4. The standard InChI is InChI=1S/C16H24N2O3/c1-12-6-2-5-9-15(12)21-11-10-17-16(20)18-13-7-3-4-8-14(13)19/h2,5-6,9,13-14,19H,3-4,7-8,10-11H2,1H3,(H2,17,18,20). The van der Waals surface area contributed by atoms with Crippen LogP contribution in [-0.2, 0) is 0 Å². The van der Waals surface area contributed by atoms with E-state index in [0.717, 1.165) is 37.0 Å². The number of carbonyl (C=O) groups is 1. The van der Waals surface area contributed by atoms with Gasteiger partial charge in [-0.15, -0.1) is 0 Å². The highest BCUT2D eigenvalue weighted by Crippen LogP contribution is 2.18. The van der Waals surface area contributed by atoms with E-state index in [2.05, 4.69) is 10.6 Å². The van der Waals surface area contributed by atoms with E-state index in [0.29, 0.717) is 13.2 Å². The number of rotatable bonds is 5. The van der Waals surface area contributed by atoms with Crippen molar-refractivity contribution < 1.29 is 14.6 Å². The molecule has 2 amide bonds. The van der Waals surface area contributed by atoms with E-state index >= 15 is 0 Å². The number of urea groups is 1. The molecule has 0 radical (unpaired) electrons. The minimum absolute atomic E-state index is 0.129. The molecule has 1 aliphatic rings. The maximum atomic E-state index is 11.7. The Morgan fingerprint density at radius 1 is 1.33 bits per heavy atom. The number of aliphatic hydroxyl groups is 1. The number of nitrogens with one attached hydrogen (secondary N) is 2. The van der Waals surface area contributed by atoms with Gasteiger partial charge in [-0.1, -0.05) is 31.0 Å². The molecule has 5 heteroatoms. The van der Waals surface area contributed by atoms with Crippen molar-refractivity contribution in [2.45, 2.75) is 44.8 Å². The lowest BCUT2D eigenvalue weighted by Gasteiger charge is -2.28. The Hall–Kier alpha value is -1.75. The van der Waals surface area contributed by atoms with Crippen LogP contribution in [0.2, 0.25) is 0 Å². The summed E-state index contributed by atoms with van der Waals surface area (Å²) in [5.74, 6) is 0.836. The van der Waals surface area contributed by atoms with E-state index < -0.39 is 6.10 Å². The third-order valence-electron chi connectivity index (χ3n) is 3.78. The van der Waals surface area contributed by atoms with E-state index in [1.54, 1.807) is 0 Å².